The highest BCUT2D eigenvalue weighted by atomic mass is 35.5. The average Bonchev–Trinajstić information content (AvgIpc) is 3.43. The summed E-state index contributed by atoms with van der Waals surface area (Å²) in [5.41, 5.74) is 7.18. The topological polar surface area (TPSA) is 84.2 Å². The first kappa shape index (κ1) is 21.5. The van der Waals surface area contributed by atoms with E-state index in [9.17, 15) is 9.59 Å². The fraction of sp³-hybridized carbons (Fsp3) is 0.263. The molecule has 27 heavy (non-hydrogen) atoms. The van der Waals surface area contributed by atoms with Crippen LogP contribution in [-0.2, 0) is 4.79 Å². The fourth-order valence-corrected chi connectivity index (χ4v) is 3.38. The number of rotatable bonds is 6. The van der Waals surface area contributed by atoms with Crippen LogP contribution in [-0.4, -0.2) is 24.9 Å². The van der Waals surface area contributed by atoms with E-state index in [2.05, 4.69) is 10.6 Å². The van der Waals surface area contributed by atoms with Crippen LogP contribution in [0.5, 0.6) is 0 Å². The Kier molecular flexibility index (Phi) is 7.50. The van der Waals surface area contributed by atoms with E-state index in [0.717, 1.165) is 5.56 Å². The van der Waals surface area contributed by atoms with E-state index in [1.54, 1.807) is 30.3 Å². The number of hydrogen-bond acceptors (Lipinski definition) is 3. The van der Waals surface area contributed by atoms with Crippen molar-refractivity contribution in [3.8, 4) is 0 Å². The van der Waals surface area contributed by atoms with Gasteiger partial charge in [0.25, 0.3) is 5.91 Å². The maximum Gasteiger partial charge on any atom is 0.253 e. The molecule has 1 aliphatic rings. The van der Waals surface area contributed by atoms with Crippen molar-refractivity contribution < 1.29 is 9.59 Å². The summed E-state index contributed by atoms with van der Waals surface area (Å²) < 4.78 is 0. The van der Waals surface area contributed by atoms with E-state index in [1.165, 1.54) is 0 Å². The van der Waals surface area contributed by atoms with Crippen molar-refractivity contribution in [3.05, 3.63) is 63.6 Å². The Morgan fingerprint density at radius 3 is 2.59 bits per heavy atom. The van der Waals surface area contributed by atoms with Gasteiger partial charge >= 0.3 is 0 Å². The first-order valence-electron chi connectivity index (χ1n) is 8.35. The summed E-state index contributed by atoms with van der Waals surface area (Å²) in [7, 11) is 0. The number of benzene rings is 2. The van der Waals surface area contributed by atoms with Gasteiger partial charge in [0.2, 0.25) is 5.91 Å². The molecule has 0 heterocycles. The standard InChI is InChI=1S/C19H19Cl2N3O2.ClH/c20-15-6-3-5-11(17(15)21)13-10-14(13)19(26)24-16-7-2-1-4-12(16)18(25)23-9-8-22;/h1-7,13-14H,8-10,22H2,(H,23,25)(H,24,26);1H. The Morgan fingerprint density at radius 1 is 1.11 bits per heavy atom. The van der Waals surface area contributed by atoms with Crippen molar-refractivity contribution >= 4 is 53.1 Å². The number of nitrogens with two attached hydrogens (primary N) is 1. The molecule has 0 radical (unpaired) electrons. The zero-order chi connectivity index (χ0) is 18.7. The normalized spacial score (nSPS) is 17.6. The van der Waals surface area contributed by atoms with Crippen LogP contribution in [0.4, 0.5) is 5.69 Å². The molecule has 0 aromatic heterocycles. The molecule has 3 rings (SSSR count). The molecule has 4 N–H and O–H groups in total. The molecule has 2 atom stereocenters. The lowest BCUT2D eigenvalue weighted by Gasteiger charge is -2.11. The largest absolute Gasteiger partial charge is 0.351 e. The number of anilines is 1. The summed E-state index contributed by atoms with van der Waals surface area (Å²) in [6, 6.07) is 12.3. The quantitative estimate of drug-likeness (QED) is 0.653. The van der Waals surface area contributed by atoms with Gasteiger partial charge in [-0.3, -0.25) is 9.59 Å². The predicted octanol–water partition coefficient (Wildman–Crippen LogP) is 3.85. The second-order valence-corrected chi connectivity index (χ2v) is 6.96. The molecule has 0 spiro atoms. The predicted molar refractivity (Wildman–Crippen MR) is 111 cm³/mol. The minimum atomic E-state index is -0.267. The number of amides is 2. The molecule has 2 aromatic carbocycles. The lowest BCUT2D eigenvalue weighted by atomic mass is 10.1. The Hall–Kier alpha value is -1.79. The third-order valence-electron chi connectivity index (χ3n) is 4.37. The summed E-state index contributed by atoms with van der Waals surface area (Å²) in [6.45, 7) is 0.726. The fourth-order valence-electron chi connectivity index (χ4n) is 2.93. The highest BCUT2D eigenvalue weighted by molar-refractivity contribution is 6.42. The van der Waals surface area contributed by atoms with E-state index < -0.39 is 0 Å². The van der Waals surface area contributed by atoms with Crippen molar-refractivity contribution in [1.29, 1.82) is 0 Å². The summed E-state index contributed by atoms with van der Waals surface area (Å²) in [6.07, 6.45) is 0.702. The Balaban J connectivity index is 0.00000261. The van der Waals surface area contributed by atoms with Crippen molar-refractivity contribution in [3.63, 3.8) is 0 Å². The van der Waals surface area contributed by atoms with Crippen LogP contribution in [0.3, 0.4) is 0 Å². The number of carbonyl (C=O) groups is 2. The molecule has 5 nitrogen and oxygen atoms in total. The van der Waals surface area contributed by atoms with E-state index in [-0.39, 0.29) is 36.1 Å². The second-order valence-electron chi connectivity index (χ2n) is 6.17. The Morgan fingerprint density at radius 2 is 1.85 bits per heavy atom. The van der Waals surface area contributed by atoms with Crippen molar-refractivity contribution in [1.82, 2.24) is 5.32 Å². The molecule has 1 aliphatic carbocycles. The third-order valence-corrected chi connectivity index (χ3v) is 5.20. The lowest BCUT2D eigenvalue weighted by Crippen LogP contribution is -2.30. The number of halogens is 3. The minimum Gasteiger partial charge on any atom is -0.351 e. The van der Waals surface area contributed by atoms with Crippen LogP contribution >= 0.6 is 35.6 Å². The van der Waals surface area contributed by atoms with Crippen LogP contribution in [0.15, 0.2) is 42.5 Å². The van der Waals surface area contributed by atoms with E-state index in [4.69, 9.17) is 28.9 Å². The summed E-state index contributed by atoms with van der Waals surface area (Å²) in [4.78, 5) is 24.8. The highest BCUT2D eigenvalue weighted by Crippen LogP contribution is 2.51. The second kappa shape index (κ2) is 9.42. The molecular weight excluding hydrogens is 409 g/mol. The van der Waals surface area contributed by atoms with Gasteiger partial charge in [0.05, 0.1) is 21.3 Å². The maximum absolute atomic E-state index is 12.6. The first-order chi connectivity index (χ1) is 12.5. The number of hydrogen-bond donors (Lipinski definition) is 3. The van der Waals surface area contributed by atoms with Crippen LogP contribution in [0, 0.1) is 5.92 Å². The molecule has 144 valence electrons. The Bertz CT molecular complexity index is 845. The van der Waals surface area contributed by atoms with Crippen LogP contribution in [0.2, 0.25) is 10.0 Å². The van der Waals surface area contributed by atoms with Gasteiger partial charge in [0, 0.05) is 19.0 Å². The molecule has 8 heteroatoms. The van der Waals surface area contributed by atoms with Gasteiger partial charge < -0.3 is 16.4 Å². The summed E-state index contributed by atoms with van der Waals surface area (Å²) in [5.74, 6) is -0.549. The van der Waals surface area contributed by atoms with Gasteiger partial charge in [0.15, 0.2) is 0 Å². The van der Waals surface area contributed by atoms with Crippen molar-refractivity contribution in [2.45, 2.75) is 12.3 Å². The summed E-state index contributed by atoms with van der Waals surface area (Å²) >= 11 is 12.3. The van der Waals surface area contributed by atoms with Crippen molar-refractivity contribution in [2.24, 2.45) is 11.7 Å². The van der Waals surface area contributed by atoms with Gasteiger partial charge in [-0.25, -0.2) is 0 Å². The average molecular weight is 429 g/mol. The zero-order valence-corrected chi connectivity index (χ0v) is 16.7. The molecule has 2 amide bonds. The van der Waals surface area contributed by atoms with Crippen LogP contribution in [0.25, 0.3) is 0 Å². The SMILES string of the molecule is Cl.NCCNC(=O)c1ccccc1NC(=O)C1CC1c1cccc(Cl)c1Cl. The molecule has 0 bridgehead atoms. The molecular formula is C19H20Cl3N3O2. The molecule has 0 saturated heterocycles. The van der Waals surface area contributed by atoms with Crippen molar-refractivity contribution in [2.75, 3.05) is 18.4 Å². The van der Waals surface area contributed by atoms with Gasteiger partial charge in [-0.15, -0.1) is 12.4 Å². The number of nitrogens with one attached hydrogen (secondary N) is 2. The van der Waals surface area contributed by atoms with Crippen LogP contribution < -0.4 is 16.4 Å². The van der Waals surface area contributed by atoms with Gasteiger partial charge in [0.1, 0.15) is 0 Å². The molecule has 0 aliphatic heterocycles. The summed E-state index contributed by atoms with van der Waals surface area (Å²) in [5, 5.41) is 6.54. The maximum atomic E-state index is 12.6. The van der Waals surface area contributed by atoms with E-state index in [0.29, 0.717) is 40.8 Å². The van der Waals surface area contributed by atoms with E-state index >= 15 is 0 Å². The molecule has 1 saturated carbocycles. The lowest BCUT2D eigenvalue weighted by molar-refractivity contribution is -0.117. The molecule has 2 unspecified atom stereocenters. The monoisotopic (exact) mass is 427 g/mol. The van der Waals surface area contributed by atoms with E-state index in [1.807, 2.05) is 12.1 Å². The van der Waals surface area contributed by atoms with Crippen LogP contribution in [0.1, 0.15) is 28.3 Å². The van der Waals surface area contributed by atoms with Gasteiger partial charge in [-0.2, -0.15) is 0 Å². The smallest absolute Gasteiger partial charge is 0.253 e. The minimum absolute atomic E-state index is 0. The van der Waals surface area contributed by atoms with Gasteiger partial charge in [-0.05, 0) is 36.1 Å². The number of carbonyl (C=O) groups excluding carboxylic acids is 2. The first-order valence-corrected chi connectivity index (χ1v) is 9.10. The highest BCUT2D eigenvalue weighted by Gasteiger charge is 2.45. The third kappa shape index (κ3) is 4.93. The zero-order valence-electron chi connectivity index (χ0n) is 14.4. The van der Waals surface area contributed by atoms with Gasteiger partial charge in [-0.1, -0.05) is 47.5 Å². The molecule has 1 fully saturated rings. The number of para-hydroxylation sites is 1. The Labute approximate surface area is 174 Å². The molecule has 2 aromatic rings.